The van der Waals surface area contributed by atoms with E-state index in [1.54, 1.807) is 9.42 Å². The van der Waals surface area contributed by atoms with Crippen LogP contribution in [-0.2, 0) is 15.7 Å². The van der Waals surface area contributed by atoms with Gasteiger partial charge in [-0.1, -0.05) is 71.0 Å². The minimum absolute atomic E-state index is 0.0954. The number of carbonyl (C=O) groups excluding carboxylic acids is 1. The van der Waals surface area contributed by atoms with Gasteiger partial charge in [-0.05, 0) is 50.4 Å². The van der Waals surface area contributed by atoms with Gasteiger partial charge in [-0.15, -0.1) is 6.58 Å². The van der Waals surface area contributed by atoms with Crippen molar-refractivity contribution in [2.24, 2.45) is 0 Å². The van der Waals surface area contributed by atoms with E-state index in [9.17, 15) is 4.79 Å². The Morgan fingerprint density at radius 2 is 1.80 bits per heavy atom. The van der Waals surface area contributed by atoms with Crippen molar-refractivity contribution >= 4 is 31.7 Å². The molecule has 9 heteroatoms. The Hall–Kier alpha value is -3.17. The highest BCUT2D eigenvalue weighted by Crippen LogP contribution is 2.36. The average molecular weight is 566 g/mol. The van der Waals surface area contributed by atoms with E-state index in [1.165, 1.54) is 0 Å². The van der Waals surface area contributed by atoms with Crippen LogP contribution < -0.4 is 10.2 Å². The minimum Gasteiger partial charge on any atom is -0.443 e. The summed E-state index contributed by atoms with van der Waals surface area (Å²) < 4.78 is 14.1. The lowest BCUT2D eigenvalue weighted by Gasteiger charge is -2.37. The topological polar surface area (TPSA) is 81.0 Å². The van der Waals surface area contributed by atoms with Crippen molar-refractivity contribution in [1.82, 2.24) is 14.6 Å². The number of hydrogen-bond acceptors (Lipinski definition) is 6. The highest BCUT2D eigenvalue weighted by Gasteiger charge is 2.37. The third kappa shape index (κ3) is 7.72. The molecule has 2 aromatic heterocycles. The van der Waals surface area contributed by atoms with Gasteiger partial charge in [0.1, 0.15) is 17.2 Å². The van der Waals surface area contributed by atoms with E-state index in [0.29, 0.717) is 30.4 Å². The summed E-state index contributed by atoms with van der Waals surface area (Å²) in [6.45, 7) is 25.8. The molecule has 0 bridgehead atoms. The van der Waals surface area contributed by atoms with Crippen LogP contribution in [-0.4, -0.2) is 47.3 Å². The van der Waals surface area contributed by atoms with Crippen LogP contribution in [0.2, 0.25) is 18.1 Å². The molecule has 8 nitrogen and oxygen atoms in total. The van der Waals surface area contributed by atoms with E-state index < -0.39 is 20.0 Å². The molecule has 1 amide bonds. The summed E-state index contributed by atoms with van der Waals surface area (Å²) in [5.41, 5.74) is 1.98. The Bertz CT molecular complexity index is 1310. The molecule has 0 aliphatic rings. The highest BCUT2D eigenvalue weighted by molar-refractivity contribution is 6.74. The van der Waals surface area contributed by atoms with Crippen LogP contribution >= 0.6 is 0 Å². The monoisotopic (exact) mass is 565 g/mol. The lowest BCUT2D eigenvalue weighted by Crippen LogP contribution is -2.43. The van der Waals surface area contributed by atoms with Gasteiger partial charge in [0, 0.05) is 11.6 Å². The number of fused-ring (bicyclic) bond motifs is 1. The van der Waals surface area contributed by atoms with Crippen LogP contribution in [0.15, 0.2) is 55.3 Å². The van der Waals surface area contributed by atoms with Crippen LogP contribution in [0.4, 0.5) is 16.4 Å². The molecule has 0 saturated carbocycles. The van der Waals surface area contributed by atoms with Crippen molar-refractivity contribution in [3.05, 3.63) is 66.4 Å². The smallest absolute Gasteiger partial charge is 0.416 e. The van der Waals surface area contributed by atoms with E-state index in [1.807, 2.05) is 69.4 Å². The second kappa shape index (κ2) is 12.1. The number of nitrogens with zero attached hydrogens (tertiary/aromatic N) is 4. The van der Waals surface area contributed by atoms with Crippen LogP contribution in [0.1, 0.15) is 72.4 Å². The van der Waals surface area contributed by atoms with Gasteiger partial charge < -0.3 is 14.5 Å². The minimum atomic E-state index is -1.96. The molecule has 0 fully saturated rings. The largest absolute Gasteiger partial charge is 0.443 e. The van der Waals surface area contributed by atoms with Gasteiger partial charge >= 0.3 is 6.09 Å². The molecule has 40 heavy (non-hydrogen) atoms. The predicted octanol–water partition coefficient (Wildman–Crippen LogP) is 7.78. The SMILES string of the molecule is C=C[C@H](CO[Si](C)(C)C(C)(C)C)Nc1cc(N(Cc2ccccc2)C(=O)OC(C)(C)C)n2ncc(C(C)C)c2n1. The second-order valence-electron chi connectivity index (χ2n) is 13.1. The summed E-state index contributed by atoms with van der Waals surface area (Å²) in [4.78, 5) is 20.2. The maximum absolute atomic E-state index is 13.6. The van der Waals surface area contributed by atoms with Crippen molar-refractivity contribution in [2.45, 2.75) is 97.6 Å². The Labute approximate surface area is 240 Å². The van der Waals surface area contributed by atoms with Gasteiger partial charge in [0.05, 0.1) is 25.4 Å². The zero-order valence-electron chi connectivity index (χ0n) is 25.9. The van der Waals surface area contributed by atoms with Gasteiger partial charge in [-0.25, -0.2) is 9.78 Å². The number of anilines is 2. The summed E-state index contributed by atoms with van der Waals surface area (Å²) in [7, 11) is -1.96. The normalized spacial score (nSPS) is 13.4. The fraction of sp³-hybridized carbons (Fsp3) is 0.516. The summed E-state index contributed by atoms with van der Waals surface area (Å²) in [5.74, 6) is 1.36. The van der Waals surface area contributed by atoms with E-state index >= 15 is 0 Å². The highest BCUT2D eigenvalue weighted by atomic mass is 28.4. The third-order valence-corrected chi connectivity index (χ3v) is 11.7. The molecular formula is C31H47N5O3Si. The van der Waals surface area contributed by atoms with Gasteiger partial charge in [0.25, 0.3) is 0 Å². The number of hydrogen-bond donors (Lipinski definition) is 1. The molecule has 2 heterocycles. The molecule has 0 unspecified atom stereocenters. The average Bonchev–Trinajstić information content (AvgIpc) is 3.28. The first-order valence-corrected chi connectivity index (χ1v) is 16.9. The summed E-state index contributed by atoms with van der Waals surface area (Å²) in [6.07, 6.45) is 3.20. The lowest BCUT2D eigenvalue weighted by molar-refractivity contribution is 0.0575. The van der Waals surface area contributed by atoms with Crippen molar-refractivity contribution in [3.8, 4) is 0 Å². The Balaban J connectivity index is 2.08. The summed E-state index contributed by atoms with van der Waals surface area (Å²) in [6, 6.07) is 11.5. The fourth-order valence-electron chi connectivity index (χ4n) is 3.83. The molecule has 0 aliphatic heterocycles. The first-order valence-electron chi connectivity index (χ1n) is 14.0. The number of benzene rings is 1. The Morgan fingerprint density at radius 3 is 2.35 bits per heavy atom. The molecule has 0 aliphatic carbocycles. The molecule has 3 aromatic rings. The number of rotatable bonds is 10. The molecule has 3 rings (SSSR count). The van der Waals surface area contributed by atoms with Crippen molar-refractivity contribution in [2.75, 3.05) is 16.8 Å². The summed E-state index contributed by atoms with van der Waals surface area (Å²) in [5, 5.41) is 8.25. The molecular weight excluding hydrogens is 518 g/mol. The first kappa shape index (κ1) is 31.4. The van der Waals surface area contributed by atoms with Crippen molar-refractivity contribution in [3.63, 3.8) is 0 Å². The standard InChI is InChI=1S/C31H47N5O3Si/c1-12-24(21-38-40(10,11)31(7,8)9)33-26-18-27(36-28(34-26)25(19-32-36)22(2)3)35(29(37)39-30(4,5)6)20-23-16-14-13-15-17-23/h12-19,22,24H,1,20-21H2,2-11H3,(H,33,34)/t24-/m1/s1. The fourth-order valence-corrected chi connectivity index (χ4v) is 4.86. The Kier molecular flexibility index (Phi) is 9.52. The van der Waals surface area contributed by atoms with Gasteiger partial charge in [0.2, 0.25) is 0 Å². The maximum atomic E-state index is 13.6. The molecule has 0 saturated heterocycles. The number of ether oxygens (including phenoxy) is 1. The van der Waals surface area contributed by atoms with Gasteiger partial charge in [0.15, 0.2) is 14.0 Å². The van der Waals surface area contributed by atoms with Gasteiger partial charge in [-0.3, -0.25) is 4.90 Å². The van der Waals surface area contributed by atoms with Crippen LogP contribution in [0, 0.1) is 0 Å². The Morgan fingerprint density at radius 1 is 1.15 bits per heavy atom. The quantitative estimate of drug-likeness (QED) is 0.200. The second-order valence-corrected chi connectivity index (χ2v) is 17.9. The number of amides is 1. The molecule has 1 aromatic carbocycles. The van der Waals surface area contributed by atoms with E-state index in [4.69, 9.17) is 14.1 Å². The zero-order chi connectivity index (χ0) is 29.9. The van der Waals surface area contributed by atoms with Crippen LogP contribution in [0.3, 0.4) is 0 Å². The van der Waals surface area contributed by atoms with E-state index in [-0.39, 0.29) is 17.0 Å². The van der Waals surface area contributed by atoms with E-state index in [2.05, 4.69) is 64.7 Å². The maximum Gasteiger partial charge on any atom is 0.416 e. The van der Waals surface area contributed by atoms with E-state index in [0.717, 1.165) is 11.1 Å². The molecule has 0 spiro atoms. The predicted molar refractivity (Wildman–Crippen MR) is 167 cm³/mol. The van der Waals surface area contributed by atoms with Crippen LogP contribution in [0.25, 0.3) is 5.65 Å². The van der Waals surface area contributed by atoms with Crippen molar-refractivity contribution in [1.29, 1.82) is 0 Å². The molecule has 218 valence electrons. The first-order chi connectivity index (χ1) is 18.5. The molecule has 1 N–H and O–H groups in total. The number of aromatic nitrogens is 3. The molecule has 0 radical (unpaired) electrons. The number of carbonyl (C=O) groups is 1. The van der Waals surface area contributed by atoms with Gasteiger partial charge in [-0.2, -0.15) is 9.61 Å². The van der Waals surface area contributed by atoms with Crippen molar-refractivity contribution < 1.29 is 14.0 Å². The molecule has 1 atom stereocenters. The third-order valence-electron chi connectivity index (χ3n) is 7.22. The van der Waals surface area contributed by atoms with Crippen LogP contribution in [0.5, 0.6) is 0 Å². The zero-order valence-corrected chi connectivity index (χ0v) is 26.9. The number of nitrogens with one attached hydrogen (secondary N) is 1. The lowest BCUT2D eigenvalue weighted by atomic mass is 10.1. The summed E-state index contributed by atoms with van der Waals surface area (Å²) >= 11 is 0.